The molecule has 5 heterocycles. The van der Waals surface area contributed by atoms with Crippen LogP contribution in [-0.4, -0.2) is 58.6 Å². The largest absolute Gasteiger partial charge is 0.381 e. The van der Waals surface area contributed by atoms with Crippen LogP contribution in [0.5, 0.6) is 0 Å². The summed E-state index contributed by atoms with van der Waals surface area (Å²) in [6.45, 7) is 1.69. The van der Waals surface area contributed by atoms with E-state index in [-0.39, 0.29) is 17.7 Å². The van der Waals surface area contributed by atoms with Gasteiger partial charge in [-0.1, -0.05) is 30.3 Å². The number of carbonyl (C=O) groups excluding carboxylic acids is 1. The normalized spacial score (nSPS) is 17.7. The number of aromatic nitrogens is 8. The van der Waals surface area contributed by atoms with Gasteiger partial charge in [0.05, 0.1) is 29.9 Å². The summed E-state index contributed by atoms with van der Waals surface area (Å²) in [5.41, 5.74) is 5.51. The lowest BCUT2D eigenvalue weighted by Crippen LogP contribution is -2.15. The third-order valence-corrected chi connectivity index (χ3v) is 8.47. The number of pyridine rings is 1. The first kappa shape index (κ1) is 24.9. The molecule has 2 fully saturated rings. The number of hydrogen-bond acceptors (Lipinski definition) is 8. The SMILES string of the molecule is O=C(CC1CCOC1)Cn1cc(-c2cccc(-c3cnc4nnc(C5(c6ccc7ncccc7c6)CC5)n4n3)c2)cn1. The van der Waals surface area contributed by atoms with E-state index < -0.39 is 0 Å². The zero-order valence-corrected chi connectivity index (χ0v) is 22.9. The quantitative estimate of drug-likeness (QED) is 0.266. The summed E-state index contributed by atoms with van der Waals surface area (Å²) in [5.74, 6) is 1.79. The number of fused-ring (bicyclic) bond motifs is 2. The van der Waals surface area contributed by atoms with Crippen molar-refractivity contribution in [2.75, 3.05) is 13.2 Å². The maximum atomic E-state index is 12.5. The summed E-state index contributed by atoms with van der Waals surface area (Å²) in [6, 6.07) is 18.6. The monoisotopic (exact) mass is 556 g/mol. The molecule has 10 heteroatoms. The van der Waals surface area contributed by atoms with Gasteiger partial charge in [-0.3, -0.25) is 14.5 Å². The van der Waals surface area contributed by atoms with E-state index in [1.807, 2.05) is 36.7 Å². The molecule has 2 aromatic carbocycles. The maximum Gasteiger partial charge on any atom is 0.271 e. The van der Waals surface area contributed by atoms with E-state index in [1.54, 1.807) is 21.6 Å². The zero-order chi connectivity index (χ0) is 28.1. The maximum absolute atomic E-state index is 12.5. The molecule has 42 heavy (non-hydrogen) atoms. The van der Waals surface area contributed by atoms with Crippen molar-refractivity contribution in [1.82, 2.24) is 39.6 Å². The third kappa shape index (κ3) is 4.44. The van der Waals surface area contributed by atoms with Gasteiger partial charge in [0.1, 0.15) is 5.69 Å². The summed E-state index contributed by atoms with van der Waals surface area (Å²) in [7, 11) is 0. The summed E-state index contributed by atoms with van der Waals surface area (Å²) in [6.07, 6.45) is 10.7. The Morgan fingerprint density at radius 1 is 0.976 bits per heavy atom. The van der Waals surface area contributed by atoms with Crippen LogP contribution in [0.3, 0.4) is 0 Å². The van der Waals surface area contributed by atoms with Crippen LogP contribution in [0, 0.1) is 5.92 Å². The fourth-order valence-corrected chi connectivity index (χ4v) is 6.04. The average molecular weight is 557 g/mol. The molecule has 1 saturated heterocycles. The van der Waals surface area contributed by atoms with Crippen molar-refractivity contribution in [2.24, 2.45) is 5.92 Å². The van der Waals surface area contributed by atoms with Gasteiger partial charge in [-0.05, 0) is 60.6 Å². The second-order valence-corrected chi connectivity index (χ2v) is 11.4. The molecule has 1 atom stereocenters. The zero-order valence-electron chi connectivity index (χ0n) is 22.9. The van der Waals surface area contributed by atoms with E-state index >= 15 is 0 Å². The fraction of sp³-hybridized carbons (Fsp3) is 0.281. The Labute approximate surface area is 241 Å². The van der Waals surface area contributed by atoms with Crippen LogP contribution in [0.15, 0.2) is 79.4 Å². The Morgan fingerprint density at radius 2 is 1.90 bits per heavy atom. The van der Waals surface area contributed by atoms with Crippen LogP contribution in [-0.2, 0) is 21.5 Å². The summed E-state index contributed by atoms with van der Waals surface area (Å²) < 4.78 is 8.91. The van der Waals surface area contributed by atoms with Crippen LogP contribution in [0.25, 0.3) is 39.1 Å². The van der Waals surface area contributed by atoms with E-state index in [4.69, 9.17) is 9.84 Å². The molecule has 4 aromatic heterocycles. The number of Topliss-reactive ketones (excluding diaryl/α,β-unsaturated/α-hetero) is 1. The van der Waals surface area contributed by atoms with Gasteiger partial charge < -0.3 is 4.74 Å². The molecule has 8 rings (SSSR count). The van der Waals surface area contributed by atoms with Crippen LogP contribution >= 0.6 is 0 Å². The summed E-state index contributed by atoms with van der Waals surface area (Å²) in [4.78, 5) is 21.6. The first-order chi connectivity index (χ1) is 20.6. The smallest absolute Gasteiger partial charge is 0.271 e. The first-order valence-electron chi connectivity index (χ1n) is 14.3. The lowest BCUT2D eigenvalue weighted by atomic mass is 9.94. The minimum absolute atomic E-state index is 0.177. The van der Waals surface area contributed by atoms with Gasteiger partial charge in [-0.15, -0.1) is 10.2 Å². The molecule has 1 unspecified atom stereocenters. The first-order valence-corrected chi connectivity index (χ1v) is 14.3. The Kier molecular flexibility index (Phi) is 5.88. The van der Waals surface area contributed by atoms with Gasteiger partial charge in [0.25, 0.3) is 5.78 Å². The molecule has 6 aromatic rings. The number of nitrogens with zero attached hydrogens (tertiary/aromatic N) is 8. The lowest BCUT2D eigenvalue weighted by Gasteiger charge is -2.14. The van der Waals surface area contributed by atoms with Crippen molar-refractivity contribution in [3.05, 3.63) is 90.8 Å². The number of carbonyl (C=O) groups is 1. The van der Waals surface area contributed by atoms with Crippen molar-refractivity contribution in [3.63, 3.8) is 0 Å². The highest BCUT2D eigenvalue weighted by atomic mass is 16.5. The van der Waals surface area contributed by atoms with Crippen molar-refractivity contribution in [2.45, 2.75) is 37.6 Å². The minimum atomic E-state index is -0.241. The van der Waals surface area contributed by atoms with E-state index in [1.165, 1.54) is 5.56 Å². The molecular weight excluding hydrogens is 528 g/mol. The third-order valence-electron chi connectivity index (χ3n) is 8.47. The highest BCUT2D eigenvalue weighted by molar-refractivity contribution is 5.80. The van der Waals surface area contributed by atoms with E-state index in [2.05, 4.69) is 55.6 Å². The number of ether oxygens (including phenoxy) is 1. The second kappa shape index (κ2) is 9.92. The molecule has 0 spiro atoms. The topological polar surface area (TPSA) is 113 Å². The molecule has 0 amide bonds. The average Bonchev–Trinajstić information content (AvgIpc) is 3.35. The van der Waals surface area contributed by atoms with Gasteiger partial charge >= 0.3 is 0 Å². The molecule has 0 N–H and O–H groups in total. The van der Waals surface area contributed by atoms with Crippen molar-refractivity contribution < 1.29 is 9.53 Å². The number of hydrogen-bond donors (Lipinski definition) is 0. The van der Waals surface area contributed by atoms with Gasteiger partial charge in [0, 0.05) is 48.5 Å². The van der Waals surface area contributed by atoms with Gasteiger partial charge in [0.2, 0.25) is 0 Å². The molecule has 1 aliphatic heterocycles. The molecule has 0 bridgehead atoms. The highest BCUT2D eigenvalue weighted by Gasteiger charge is 2.50. The summed E-state index contributed by atoms with van der Waals surface area (Å²) in [5, 5.41) is 19.4. The van der Waals surface area contributed by atoms with Gasteiger partial charge in [-0.25, -0.2) is 4.98 Å². The fourth-order valence-electron chi connectivity index (χ4n) is 6.04. The van der Waals surface area contributed by atoms with E-state index in [0.29, 0.717) is 24.7 Å². The van der Waals surface area contributed by atoms with Crippen LogP contribution < -0.4 is 0 Å². The molecule has 208 valence electrons. The highest BCUT2D eigenvalue weighted by Crippen LogP contribution is 2.53. The van der Waals surface area contributed by atoms with E-state index in [0.717, 1.165) is 65.0 Å². The molecule has 2 aliphatic rings. The Hall–Kier alpha value is -4.83. The molecule has 1 aliphatic carbocycles. The number of rotatable bonds is 8. The molecular formula is C32H28N8O2. The van der Waals surface area contributed by atoms with Crippen LogP contribution in [0.2, 0.25) is 0 Å². The van der Waals surface area contributed by atoms with Gasteiger partial charge in [0.15, 0.2) is 11.6 Å². The Morgan fingerprint density at radius 3 is 2.79 bits per heavy atom. The van der Waals surface area contributed by atoms with Crippen LogP contribution in [0.4, 0.5) is 0 Å². The predicted octanol–water partition coefficient (Wildman–Crippen LogP) is 4.67. The van der Waals surface area contributed by atoms with Gasteiger partial charge in [-0.2, -0.15) is 14.7 Å². The molecule has 10 nitrogen and oxygen atoms in total. The minimum Gasteiger partial charge on any atom is -0.381 e. The second-order valence-electron chi connectivity index (χ2n) is 11.4. The Balaban J connectivity index is 1.07. The van der Waals surface area contributed by atoms with E-state index in [9.17, 15) is 4.79 Å². The summed E-state index contributed by atoms with van der Waals surface area (Å²) >= 11 is 0. The van der Waals surface area contributed by atoms with Crippen molar-refractivity contribution in [3.8, 4) is 22.4 Å². The lowest BCUT2D eigenvalue weighted by molar-refractivity contribution is -0.120. The van der Waals surface area contributed by atoms with Crippen molar-refractivity contribution >= 4 is 22.5 Å². The van der Waals surface area contributed by atoms with Crippen LogP contribution in [0.1, 0.15) is 37.1 Å². The number of benzene rings is 2. The predicted molar refractivity (Wildman–Crippen MR) is 156 cm³/mol. The van der Waals surface area contributed by atoms with Crippen molar-refractivity contribution in [1.29, 1.82) is 0 Å². The Bertz CT molecular complexity index is 1950. The number of ketones is 1. The molecule has 1 saturated carbocycles. The molecule has 0 radical (unpaired) electrons. The standard InChI is InChI=1S/C32H28N8O2/c41-27(13-21-8-12-42-20-21)19-39-18-25(16-35-39)22-3-1-4-23(14-22)29-17-34-31-37-36-30(40(31)38-29)32(9-10-32)26-6-7-28-24(15-26)5-2-11-33-28/h1-7,11,14-18,21H,8-10,12-13,19-20H2.